The number of rotatable bonds is 4. The van der Waals surface area contributed by atoms with Crippen LogP contribution in [0.3, 0.4) is 0 Å². The van der Waals surface area contributed by atoms with E-state index in [2.05, 4.69) is 0 Å². The zero-order valence-corrected chi connectivity index (χ0v) is 8.47. The van der Waals surface area contributed by atoms with E-state index in [0.29, 0.717) is 0 Å². The predicted molar refractivity (Wildman–Crippen MR) is 49.5 cm³/mol. The van der Waals surface area contributed by atoms with Crippen molar-refractivity contribution in [1.82, 2.24) is 4.90 Å². The SMILES string of the molecule is CC(C(=O)O)N(C)C(=O)[C@@H](N)[C@@H](C)O. The molecular weight excluding hydrogens is 188 g/mol. The third kappa shape index (κ3) is 2.97. The first kappa shape index (κ1) is 12.9. The van der Waals surface area contributed by atoms with E-state index in [4.69, 9.17) is 15.9 Å². The molecular formula is C8H16N2O4. The number of aliphatic carboxylic acids is 1. The van der Waals surface area contributed by atoms with Crippen LogP contribution >= 0.6 is 0 Å². The molecule has 0 aliphatic rings. The topological polar surface area (TPSA) is 104 Å². The second-order valence-electron chi connectivity index (χ2n) is 3.23. The lowest BCUT2D eigenvalue weighted by atomic mass is 10.1. The molecule has 0 fully saturated rings. The van der Waals surface area contributed by atoms with Crippen molar-refractivity contribution in [2.24, 2.45) is 5.73 Å². The lowest BCUT2D eigenvalue weighted by Gasteiger charge is -2.25. The first-order valence-electron chi connectivity index (χ1n) is 4.22. The highest BCUT2D eigenvalue weighted by atomic mass is 16.4. The van der Waals surface area contributed by atoms with E-state index in [1.807, 2.05) is 0 Å². The molecule has 14 heavy (non-hydrogen) atoms. The summed E-state index contributed by atoms with van der Waals surface area (Å²) in [6.07, 6.45) is -0.994. The lowest BCUT2D eigenvalue weighted by molar-refractivity contribution is -0.149. The Morgan fingerprint density at radius 2 is 1.79 bits per heavy atom. The van der Waals surface area contributed by atoms with Crippen molar-refractivity contribution in [2.45, 2.75) is 32.0 Å². The molecule has 0 saturated heterocycles. The highest BCUT2D eigenvalue weighted by Crippen LogP contribution is 2.01. The molecule has 0 aromatic carbocycles. The van der Waals surface area contributed by atoms with Crippen LogP contribution in [0.4, 0.5) is 0 Å². The zero-order chi connectivity index (χ0) is 11.5. The molecule has 4 N–H and O–H groups in total. The number of carbonyl (C=O) groups excluding carboxylic acids is 1. The molecule has 0 aliphatic carbocycles. The molecule has 3 atom stereocenters. The molecule has 0 aromatic rings. The van der Waals surface area contributed by atoms with Gasteiger partial charge in [0.05, 0.1) is 6.10 Å². The second kappa shape index (κ2) is 4.92. The molecule has 0 bridgehead atoms. The Morgan fingerprint density at radius 3 is 2.07 bits per heavy atom. The zero-order valence-electron chi connectivity index (χ0n) is 8.47. The number of hydrogen-bond donors (Lipinski definition) is 3. The summed E-state index contributed by atoms with van der Waals surface area (Å²) in [7, 11) is 1.34. The van der Waals surface area contributed by atoms with Crippen LogP contribution < -0.4 is 5.73 Å². The number of carbonyl (C=O) groups is 2. The molecule has 0 saturated carbocycles. The van der Waals surface area contributed by atoms with Crippen molar-refractivity contribution in [3.8, 4) is 0 Å². The fourth-order valence-corrected chi connectivity index (χ4v) is 0.798. The number of carboxylic acid groups (broad SMARTS) is 1. The van der Waals surface area contributed by atoms with E-state index in [9.17, 15) is 9.59 Å². The minimum Gasteiger partial charge on any atom is -0.480 e. The van der Waals surface area contributed by atoms with Crippen LogP contribution in [0.1, 0.15) is 13.8 Å². The van der Waals surface area contributed by atoms with Gasteiger partial charge in [-0.1, -0.05) is 0 Å². The molecule has 0 aliphatic heterocycles. The Labute approximate surface area is 82.3 Å². The van der Waals surface area contributed by atoms with Crippen LogP contribution in [-0.2, 0) is 9.59 Å². The van der Waals surface area contributed by atoms with Crippen molar-refractivity contribution in [3.63, 3.8) is 0 Å². The van der Waals surface area contributed by atoms with Gasteiger partial charge in [-0.15, -0.1) is 0 Å². The highest BCUT2D eigenvalue weighted by Gasteiger charge is 2.28. The number of hydrogen-bond acceptors (Lipinski definition) is 4. The van der Waals surface area contributed by atoms with E-state index in [1.165, 1.54) is 20.9 Å². The van der Waals surface area contributed by atoms with Gasteiger partial charge in [0, 0.05) is 7.05 Å². The number of likely N-dealkylation sites (N-methyl/N-ethyl adjacent to an activating group) is 1. The molecule has 6 heteroatoms. The smallest absolute Gasteiger partial charge is 0.326 e. The number of amides is 1. The fraction of sp³-hybridized carbons (Fsp3) is 0.750. The summed E-state index contributed by atoms with van der Waals surface area (Å²) in [6.45, 7) is 2.75. The third-order valence-corrected chi connectivity index (χ3v) is 2.09. The van der Waals surface area contributed by atoms with Gasteiger partial charge in [0.1, 0.15) is 12.1 Å². The lowest BCUT2D eigenvalue weighted by Crippen LogP contribution is -2.52. The normalized spacial score (nSPS) is 16.9. The minimum absolute atomic E-state index is 0.588. The van der Waals surface area contributed by atoms with Gasteiger partial charge in [-0.25, -0.2) is 4.79 Å². The maximum Gasteiger partial charge on any atom is 0.326 e. The average Bonchev–Trinajstić information content (AvgIpc) is 2.12. The maximum absolute atomic E-state index is 11.4. The van der Waals surface area contributed by atoms with Crippen LogP contribution in [0, 0.1) is 0 Å². The summed E-state index contributed by atoms with van der Waals surface area (Å²) in [5.74, 6) is -1.70. The van der Waals surface area contributed by atoms with Gasteiger partial charge in [-0.2, -0.15) is 0 Å². The molecule has 0 heterocycles. The molecule has 82 valence electrons. The van der Waals surface area contributed by atoms with Gasteiger partial charge in [0.15, 0.2) is 0 Å². The number of carboxylic acids is 1. The Bertz CT molecular complexity index is 229. The fourth-order valence-electron chi connectivity index (χ4n) is 0.798. The minimum atomic E-state index is -1.11. The van der Waals surface area contributed by atoms with E-state index < -0.39 is 30.1 Å². The molecule has 0 radical (unpaired) electrons. The monoisotopic (exact) mass is 204 g/mol. The summed E-state index contributed by atoms with van der Waals surface area (Å²) in [6, 6.07) is -2.03. The molecule has 0 spiro atoms. The first-order valence-corrected chi connectivity index (χ1v) is 4.22. The van der Waals surface area contributed by atoms with Gasteiger partial charge in [0.2, 0.25) is 5.91 Å². The Balaban J connectivity index is 4.46. The molecule has 6 nitrogen and oxygen atoms in total. The average molecular weight is 204 g/mol. The Kier molecular flexibility index (Phi) is 4.52. The molecule has 0 rings (SSSR count). The quantitative estimate of drug-likeness (QED) is 0.524. The summed E-state index contributed by atoms with van der Waals surface area (Å²) in [5, 5.41) is 17.7. The van der Waals surface area contributed by atoms with Crippen molar-refractivity contribution in [1.29, 1.82) is 0 Å². The molecule has 0 aromatic heterocycles. The van der Waals surface area contributed by atoms with E-state index in [0.717, 1.165) is 4.90 Å². The Morgan fingerprint density at radius 1 is 1.36 bits per heavy atom. The van der Waals surface area contributed by atoms with Crippen LogP contribution in [-0.4, -0.2) is 52.2 Å². The van der Waals surface area contributed by atoms with Gasteiger partial charge < -0.3 is 20.8 Å². The van der Waals surface area contributed by atoms with E-state index >= 15 is 0 Å². The van der Waals surface area contributed by atoms with Crippen LogP contribution in [0.5, 0.6) is 0 Å². The Hall–Kier alpha value is -1.14. The van der Waals surface area contributed by atoms with Crippen molar-refractivity contribution < 1.29 is 19.8 Å². The van der Waals surface area contributed by atoms with Crippen molar-refractivity contribution in [2.75, 3.05) is 7.05 Å². The van der Waals surface area contributed by atoms with Crippen LogP contribution in [0.15, 0.2) is 0 Å². The van der Waals surface area contributed by atoms with Gasteiger partial charge in [-0.05, 0) is 13.8 Å². The predicted octanol–water partition coefficient (Wildman–Crippen LogP) is -1.37. The van der Waals surface area contributed by atoms with Crippen LogP contribution in [0.25, 0.3) is 0 Å². The number of aliphatic hydroxyl groups excluding tert-OH is 1. The highest BCUT2D eigenvalue weighted by molar-refractivity contribution is 5.86. The second-order valence-corrected chi connectivity index (χ2v) is 3.23. The third-order valence-electron chi connectivity index (χ3n) is 2.09. The summed E-state index contributed by atoms with van der Waals surface area (Å²) in [4.78, 5) is 22.9. The van der Waals surface area contributed by atoms with Crippen molar-refractivity contribution >= 4 is 11.9 Å². The van der Waals surface area contributed by atoms with E-state index in [1.54, 1.807) is 0 Å². The van der Waals surface area contributed by atoms with Gasteiger partial charge in [0.25, 0.3) is 0 Å². The van der Waals surface area contributed by atoms with Crippen molar-refractivity contribution in [3.05, 3.63) is 0 Å². The van der Waals surface area contributed by atoms with E-state index in [-0.39, 0.29) is 0 Å². The van der Waals surface area contributed by atoms with Crippen LogP contribution in [0.2, 0.25) is 0 Å². The summed E-state index contributed by atoms with van der Waals surface area (Å²) >= 11 is 0. The van der Waals surface area contributed by atoms with Gasteiger partial charge in [-0.3, -0.25) is 4.79 Å². The number of nitrogens with zero attached hydrogens (tertiary/aromatic N) is 1. The number of nitrogens with two attached hydrogens (primary N) is 1. The number of aliphatic hydroxyl groups is 1. The standard InChI is InChI=1S/C8H16N2O4/c1-4(8(13)14)10(3)7(12)6(9)5(2)11/h4-6,11H,9H2,1-3H3,(H,13,14)/t4?,5-,6+/m1/s1. The summed E-state index contributed by atoms with van der Waals surface area (Å²) < 4.78 is 0. The molecule has 1 unspecified atom stereocenters. The summed E-state index contributed by atoms with van der Waals surface area (Å²) in [5.41, 5.74) is 5.36. The molecule has 1 amide bonds. The largest absolute Gasteiger partial charge is 0.480 e. The van der Waals surface area contributed by atoms with Gasteiger partial charge >= 0.3 is 5.97 Å². The first-order chi connectivity index (χ1) is 6.29. The maximum atomic E-state index is 11.4.